The Kier molecular flexibility index (Phi) is 5.15. The average Bonchev–Trinajstić information content (AvgIpc) is 3.17. The molecule has 0 bridgehead atoms. The third-order valence-corrected chi connectivity index (χ3v) is 5.60. The molecule has 2 aromatic carbocycles. The van der Waals surface area contributed by atoms with Crippen molar-refractivity contribution in [2.45, 2.75) is 18.4 Å². The van der Waals surface area contributed by atoms with E-state index in [1.165, 1.54) is 24.4 Å². The van der Waals surface area contributed by atoms with Crippen LogP contribution in [0, 0.1) is 6.92 Å². The van der Waals surface area contributed by atoms with Crippen LogP contribution in [0.5, 0.6) is 5.75 Å². The first kappa shape index (κ1) is 19.5. The Hall–Kier alpha value is -3.79. The minimum atomic E-state index is -4.07. The predicted octanol–water partition coefficient (Wildman–Crippen LogP) is 2.62. The summed E-state index contributed by atoms with van der Waals surface area (Å²) in [6.45, 7) is 1.78. The van der Waals surface area contributed by atoms with E-state index in [1.54, 1.807) is 43.5 Å². The van der Waals surface area contributed by atoms with Gasteiger partial charge in [-0.05, 0) is 36.4 Å². The fraction of sp³-hybridized carbons (Fsp3) is 0.100. The van der Waals surface area contributed by atoms with Gasteiger partial charge in [-0.2, -0.15) is 4.98 Å². The van der Waals surface area contributed by atoms with Gasteiger partial charge >= 0.3 is 0 Å². The lowest BCUT2D eigenvalue weighted by Gasteiger charge is -2.10. The molecule has 4 aromatic rings. The number of amides is 1. The van der Waals surface area contributed by atoms with Gasteiger partial charge in [-0.15, -0.1) is 0 Å². The summed E-state index contributed by atoms with van der Waals surface area (Å²) in [5, 5.41) is 4.86. The molecule has 9 nitrogen and oxygen atoms in total. The molecule has 4 rings (SSSR count). The Morgan fingerprint density at radius 3 is 2.67 bits per heavy atom. The van der Waals surface area contributed by atoms with E-state index in [1.807, 2.05) is 0 Å². The van der Waals surface area contributed by atoms with Crippen LogP contribution in [0.4, 0.5) is 0 Å². The minimum Gasteiger partial charge on any atom is -0.485 e. The Morgan fingerprint density at radius 1 is 1.13 bits per heavy atom. The zero-order valence-corrected chi connectivity index (χ0v) is 16.6. The van der Waals surface area contributed by atoms with Crippen molar-refractivity contribution in [3.63, 3.8) is 0 Å². The number of hydrogen-bond donors (Lipinski definition) is 1. The van der Waals surface area contributed by atoms with Gasteiger partial charge in [0.05, 0.1) is 4.90 Å². The number of aromatic nitrogens is 3. The molecule has 1 N–H and O–H groups in total. The highest BCUT2D eigenvalue weighted by Crippen LogP contribution is 2.22. The third-order valence-electron chi connectivity index (χ3n) is 4.21. The normalized spacial score (nSPS) is 11.4. The fourth-order valence-corrected chi connectivity index (χ4v) is 4.02. The van der Waals surface area contributed by atoms with Crippen LogP contribution in [0.25, 0.3) is 10.8 Å². The number of pyridine rings is 1. The number of nitrogens with zero attached hydrogens (tertiary/aromatic N) is 3. The van der Waals surface area contributed by atoms with E-state index in [0.717, 1.165) is 0 Å². The van der Waals surface area contributed by atoms with Crippen LogP contribution >= 0.6 is 0 Å². The zero-order valence-electron chi connectivity index (χ0n) is 15.8. The number of nitrogens with one attached hydrogen (secondary N) is 1. The molecule has 2 aromatic heterocycles. The van der Waals surface area contributed by atoms with E-state index in [9.17, 15) is 13.2 Å². The lowest BCUT2D eigenvalue weighted by molar-refractivity contribution is 0.0981. The number of carbonyl (C=O) groups excluding carboxylic acids is 1. The standard InChI is InChI=1S/C20H16N4O5S/c1-13-22-19(23-29-13)12-28-16-7-5-14(6-8-16)20(25)24-30(26,27)18-4-2-3-15-11-21-10-9-17(15)18/h2-11H,12H2,1H3,(H,24,25). The van der Waals surface area contributed by atoms with Crippen LogP contribution in [0.3, 0.4) is 0 Å². The monoisotopic (exact) mass is 424 g/mol. The van der Waals surface area contributed by atoms with Gasteiger partial charge in [0.1, 0.15) is 5.75 Å². The van der Waals surface area contributed by atoms with Crippen molar-refractivity contribution in [1.82, 2.24) is 19.8 Å². The molecule has 10 heteroatoms. The second kappa shape index (κ2) is 7.91. The van der Waals surface area contributed by atoms with Gasteiger partial charge in [0.25, 0.3) is 15.9 Å². The van der Waals surface area contributed by atoms with Crippen LogP contribution in [-0.2, 0) is 16.6 Å². The van der Waals surface area contributed by atoms with Crippen molar-refractivity contribution in [3.05, 3.63) is 78.2 Å². The molecular formula is C20H16N4O5S. The van der Waals surface area contributed by atoms with Crippen molar-refractivity contribution in [2.75, 3.05) is 0 Å². The van der Waals surface area contributed by atoms with Gasteiger partial charge in [0.15, 0.2) is 6.61 Å². The largest absolute Gasteiger partial charge is 0.485 e. The van der Waals surface area contributed by atoms with Gasteiger partial charge in [-0.1, -0.05) is 17.3 Å². The van der Waals surface area contributed by atoms with Crippen molar-refractivity contribution in [1.29, 1.82) is 0 Å². The zero-order chi connectivity index (χ0) is 21.1. The number of sulfonamides is 1. The number of carbonyl (C=O) groups is 1. The van der Waals surface area contributed by atoms with E-state index >= 15 is 0 Å². The van der Waals surface area contributed by atoms with Crippen molar-refractivity contribution < 1.29 is 22.5 Å². The van der Waals surface area contributed by atoms with Gasteiger partial charge in [-0.3, -0.25) is 9.78 Å². The topological polar surface area (TPSA) is 124 Å². The Bertz CT molecular complexity index is 1310. The molecule has 0 saturated heterocycles. The SMILES string of the molecule is Cc1nc(COc2ccc(C(=O)NS(=O)(=O)c3cccc4cnccc34)cc2)no1. The maximum Gasteiger partial charge on any atom is 0.265 e. The van der Waals surface area contributed by atoms with Crippen molar-refractivity contribution >= 4 is 26.7 Å². The van der Waals surface area contributed by atoms with Gasteiger partial charge in [-0.25, -0.2) is 13.1 Å². The van der Waals surface area contributed by atoms with Gasteiger partial charge in [0.2, 0.25) is 11.7 Å². The van der Waals surface area contributed by atoms with Crippen LogP contribution in [-0.4, -0.2) is 29.4 Å². The summed E-state index contributed by atoms with van der Waals surface area (Å²) in [7, 11) is -4.07. The maximum atomic E-state index is 12.8. The average molecular weight is 424 g/mol. The Morgan fingerprint density at radius 2 is 1.93 bits per heavy atom. The molecule has 0 atom stereocenters. The molecule has 0 radical (unpaired) electrons. The molecule has 0 aliphatic carbocycles. The number of ether oxygens (including phenoxy) is 1. The fourth-order valence-electron chi connectivity index (χ4n) is 2.81. The van der Waals surface area contributed by atoms with Crippen molar-refractivity contribution in [3.8, 4) is 5.75 Å². The van der Waals surface area contributed by atoms with Gasteiger partial charge in [0, 0.05) is 35.7 Å². The summed E-state index contributed by atoms with van der Waals surface area (Å²) < 4.78 is 38.0. The minimum absolute atomic E-state index is 0.00566. The predicted molar refractivity (Wildman–Crippen MR) is 106 cm³/mol. The molecule has 2 heterocycles. The third kappa shape index (κ3) is 4.13. The quantitative estimate of drug-likeness (QED) is 0.501. The lowest BCUT2D eigenvalue weighted by atomic mass is 10.2. The van der Waals surface area contributed by atoms with E-state index in [4.69, 9.17) is 9.26 Å². The Labute approximate surface area is 171 Å². The first-order chi connectivity index (χ1) is 14.4. The van der Waals surface area contributed by atoms with Crippen LogP contribution in [0.15, 0.2) is 70.3 Å². The molecule has 0 fully saturated rings. The summed E-state index contributed by atoms with van der Waals surface area (Å²) in [5.74, 6) is 0.551. The highest BCUT2D eigenvalue weighted by Gasteiger charge is 2.21. The molecule has 30 heavy (non-hydrogen) atoms. The second-order valence-corrected chi connectivity index (χ2v) is 7.98. The van der Waals surface area contributed by atoms with Crippen LogP contribution in [0.1, 0.15) is 22.1 Å². The second-order valence-electron chi connectivity index (χ2n) is 6.33. The number of fused-ring (bicyclic) bond motifs is 1. The summed E-state index contributed by atoms with van der Waals surface area (Å²) >= 11 is 0. The summed E-state index contributed by atoms with van der Waals surface area (Å²) in [4.78, 5) is 20.5. The van der Waals surface area contributed by atoms with Gasteiger partial charge < -0.3 is 9.26 Å². The highest BCUT2D eigenvalue weighted by atomic mass is 32.2. The number of hydrogen-bond acceptors (Lipinski definition) is 8. The number of aryl methyl sites for hydroxylation is 1. The number of rotatable bonds is 6. The van der Waals surface area contributed by atoms with E-state index in [0.29, 0.717) is 28.2 Å². The summed E-state index contributed by atoms with van der Waals surface area (Å²) in [6.07, 6.45) is 3.06. The molecule has 1 amide bonds. The summed E-state index contributed by atoms with van der Waals surface area (Å²) in [6, 6.07) is 12.4. The van der Waals surface area contributed by atoms with Crippen molar-refractivity contribution in [2.24, 2.45) is 0 Å². The molecule has 0 aliphatic heterocycles. The van der Waals surface area contributed by atoms with Crippen LogP contribution < -0.4 is 9.46 Å². The summed E-state index contributed by atoms with van der Waals surface area (Å²) in [5.41, 5.74) is 0.170. The van der Waals surface area contributed by atoms with Crippen LogP contribution in [0.2, 0.25) is 0 Å². The molecular weight excluding hydrogens is 408 g/mol. The van der Waals surface area contributed by atoms with E-state index in [-0.39, 0.29) is 17.1 Å². The highest BCUT2D eigenvalue weighted by molar-refractivity contribution is 7.90. The van der Waals surface area contributed by atoms with E-state index < -0.39 is 15.9 Å². The maximum absolute atomic E-state index is 12.8. The first-order valence-electron chi connectivity index (χ1n) is 8.84. The molecule has 0 saturated carbocycles. The molecule has 0 aliphatic rings. The first-order valence-corrected chi connectivity index (χ1v) is 10.3. The molecule has 152 valence electrons. The Balaban J connectivity index is 1.47. The number of benzene rings is 2. The molecule has 0 spiro atoms. The molecule has 0 unspecified atom stereocenters. The lowest BCUT2D eigenvalue weighted by Crippen LogP contribution is -2.30. The smallest absolute Gasteiger partial charge is 0.265 e. The van der Waals surface area contributed by atoms with E-state index in [2.05, 4.69) is 19.8 Å².